The molecule has 4 aromatic rings. The molecule has 0 saturated carbocycles. The molecule has 1 unspecified atom stereocenters. The Balaban J connectivity index is 1.37. The topological polar surface area (TPSA) is 124 Å². The number of nitrogens with zero attached hydrogens (tertiary/aromatic N) is 4. The van der Waals surface area contributed by atoms with Gasteiger partial charge in [0.2, 0.25) is 5.82 Å². The number of hydrogen-bond donors (Lipinski definition) is 1. The summed E-state index contributed by atoms with van der Waals surface area (Å²) in [4.78, 5) is 39.6. The molecule has 0 bridgehead atoms. The molecule has 0 amide bonds. The largest absolute Gasteiger partial charge is 0.453 e. The maximum Gasteiger partial charge on any atom is 0.307 e. The van der Waals surface area contributed by atoms with Gasteiger partial charge in [0, 0.05) is 24.4 Å². The summed E-state index contributed by atoms with van der Waals surface area (Å²) >= 11 is 0. The Morgan fingerprint density at radius 3 is 2.90 bits per heavy atom. The van der Waals surface area contributed by atoms with Gasteiger partial charge < -0.3 is 14.2 Å². The fraction of sp³-hybridized carbons (Fsp3) is 0.200. The van der Waals surface area contributed by atoms with Crippen LogP contribution in [0.1, 0.15) is 31.2 Å². The quantitative estimate of drug-likeness (QED) is 0.497. The maximum atomic E-state index is 12.2. The van der Waals surface area contributed by atoms with Crippen LogP contribution < -0.4 is 5.56 Å². The summed E-state index contributed by atoms with van der Waals surface area (Å²) in [5, 5.41) is 4.39. The van der Waals surface area contributed by atoms with Crippen LogP contribution in [0.25, 0.3) is 22.3 Å². The van der Waals surface area contributed by atoms with Crippen LogP contribution >= 0.6 is 0 Å². The number of H-pyrrole nitrogens is 1. The van der Waals surface area contributed by atoms with Gasteiger partial charge in [0.25, 0.3) is 11.4 Å². The Kier molecular flexibility index (Phi) is 5.10. The van der Waals surface area contributed by atoms with Crippen molar-refractivity contribution in [1.29, 1.82) is 0 Å². The summed E-state index contributed by atoms with van der Waals surface area (Å²) in [7, 11) is 0. The highest BCUT2D eigenvalue weighted by Crippen LogP contribution is 2.20. The number of pyridine rings is 1. The summed E-state index contributed by atoms with van der Waals surface area (Å²) in [5.74, 6) is 0.521. The molecular weight excluding hydrogens is 374 g/mol. The first-order chi connectivity index (χ1) is 14.1. The number of esters is 1. The van der Waals surface area contributed by atoms with E-state index in [1.807, 2.05) is 0 Å². The molecule has 0 aliphatic carbocycles. The normalized spacial score (nSPS) is 12.0. The minimum absolute atomic E-state index is 0.0508. The van der Waals surface area contributed by atoms with Crippen molar-refractivity contribution in [2.75, 3.05) is 0 Å². The first-order valence-electron chi connectivity index (χ1n) is 9.01. The third kappa shape index (κ3) is 4.18. The molecule has 9 heteroatoms. The van der Waals surface area contributed by atoms with E-state index in [4.69, 9.17) is 9.26 Å². The summed E-state index contributed by atoms with van der Waals surface area (Å²) in [6.45, 7) is 1.65. The third-order valence-electron chi connectivity index (χ3n) is 4.25. The number of aromatic amines is 1. The van der Waals surface area contributed by atoms with E-state index in [0.29, 0.717) is 28.1 Å². The van der Waals surface area contributed by atoms with Crippen molar-refractivity contribution in [1.82, 2.24) is 25.1 Å². The number of aryl methyl sites for hydroxylation is 1. The highest BCUT2D eigenvalue weighted by molar-refractivity contribution is 5.77. The van der Waals surface area contributed by atoms with Gasteiger partial charge in [0.05, 0.1) is 17.3 Å². The van der Waals surface area contributed by atoms with Crippen molar-refractivity contribution in [3.63, 3.8) is 0 Å². The van der Waals surface area contributed by atoms with Crippen LogP contribution in [-0.2, 0) is 16.0 Å². The highest BCUT2D eigenvalue weighted by atomic mass is 16.6. The van der Waals surface area contributed by atoms with Gasteiger partial charge in [-0.25, -0.2) is 4.98 Å². The van der Waals surface area contributed by atoms with Gasteiger partial charge >= 0.3 is 5.97 Å². The zero-order valence-electron chi connectivity index (χ0n) is 15.5. The lowest BCUT2D eigenvalue weighted by Gasteiger charge is -2.09. The molecule has 3 aromatic heterocycles. The number of ether oxygens (including phenoxy) is 1. The second-order valence-electron chi connectivity index (χ2n) is 6.36. The number of carbonyl (C=O) groups is 1. The molecule has 0 radical (unpaired) electrons. The second-order valence-corrected chi connectivity index (χ2v) is 6.36. The molecule has 1 N–H and O–H groups in total. The number of aromatic nitrogens is 5. The van der Waals surface area contributed by atoms with E-state index >= 15 is 0 Å². The van der Waals surface area contributed by atoms with E-state index in [0.717, 1.165) is 0 Å². The minimum atomic E-state index is -0.705. The summed E-state index contributed by atoms with van der Waals surface area (Å²) in [6.07, 6.45) is 2.85. The van der Waals surface area contributed by atoms with Crippen LogP contribution in [0.4, 0.5) is 0 Å². The van der Waals surface area contributed by atoms with Crippen molar-refractivity contribution in [2.45, 2.75) is 25.9 Å². The number of nitrogens with one attached hydrogen (secondary N) is 1. The molecule has 0 aliphatic rings. The van der Waals surface area contributed by atoms with Crippen molar-refractivity contribution < 1.29 is 14.1 Å². The molecule has 9 nitrogen and oxygen atoms in total. The van der Waals surface area contributed by atoms with Crippen molar-refractivity contribution in [2.24, 2.45) is 0 Å². The van der Waals surface area contributed by atoms with Crippen LogP contribution in [0.3, 0.4) is 0 Å². The van der Waals surface area contributed by atoms with Crippen molar-refractivity contribution in [3.8, 4) is 11.4 Å². The van der Waals surface area contributed by atoms with E-state index in [9.17, 15) is 9.59 Å². The van der Waals surface area contributed by atoms with Gasteiger partial charge in [0.1, 0.15) is 5.82 Å². The maximum absolute atomic E-state index is 12.2. The Morgan fingerprint density at radius 2 is 2.07 bits per heavy atom. The first-order valence-corrected chi connectivity index (χ1v) is 9.01. The predicted octanol–water partition coefficient (Wildman–Crippen LogP) is 2.61. The average Bonchev–Trinajstić information content (AvgIpc) is 3.23. The second kappa shape index (κ2) is 8.01. The van der Waals surface area contributed by atoms with E-state index in [1.54, 1.807) is 55.7 Å². The molecule has 0 fully saturated rings. The molecule has 146 valence electrons. The van der Waals surface area contributed by atoms with Crippen LogP contribution in [-0.4, -0.2) is 31.1 Å². The molecule has 3 heterocycles. The summed E-state index contributed by atoms with van der Waals surface area (Å²) < 4.78 is 10.5. The van der Waals surface area contributed by atoms with Gasteiger partial charge in [-0.3, -0.25) is 14.6 Å². The molecule has 0 saturated heterocycles. The molecule has 1 atom stereocenters. The lowest BCUT2D eigenvalue weighted by atomic mass is 10.2. The standard InChI is InChI=1S/C20H17N5O4/c1-12(20-24-18(25-29-20)13-5-4-10-21-11-13)28-17(26)9-8-16-22-15-7-3-2-6-14(15)19(27)23-16/h2-7,10-12H,8-9H2,1H3,(H,22,23,27). The molecule has 0 spiro atoms. The van der Waals surface area contributed by atoms with Gasteiger partial charge in [-0.1, -0.05) is 17.3 Å². The molecule has 0 aliphatic heterocycles. The summed E-state index contributed by atoms with van der Waals surface area (Å²) in [5.41, 5.74) is 1.05. The van der Waals surface area contributed by atoms with Crippen molar-refractivity contribution >= 4 is 16.9 Å². The Hall–Kier alpha value is -3.88. The molecule has 29 heavy (non-hydrogen) atoms. The summed E-state index contributed by atoms with van der Waals surface area (Å²) in [6, 6.07) is 10.6. The number of fused-ring (bicyclic) bond motifs is 1. The van der Waals surface area contributed by atoms with Gasteiger partial charge in [0.15, 0.2) is 6.10 Å². The molecule has 4 rings (SSSR count). The van der Waals surface area contributed by atoms with Crippen molar-refractivity contribution in [3.05, 3.63) is 70.9 Å². The van der Waals surface area contributed by atoms with Crippen LogP contribution in [0.15, 0.2) is 58.1 Å². The fourth-order valence-electron chi connectivity index (χ4n) is 2.79. The minimum Gasteiger partial charge on any atom is -0.453 e. The SMILES string of the molecule is CC(OC(=O)CCc1nc2ccccc2c(=O)[nH]1)c1nc(-c2cccnc2)no1. The Morgan fingerprint density at radius 1 is 1.21 bits per heavy atom. The fourth-order valence-corrected chi connectivity index (χ4v) is 2.79. The van der Waals surface area contributed by atoms with E-state index in [-0.39, 0.29) is 24.3 Å². The Labute approximate surface area is 164 Å². The number of carbonyl (C=O) groups excluding carboxylic acids is 1. The smallest absolute Gasteiger partial charge is 0.307 e. The number of benzene rings is 1. The molecular formula is C20H17N5O4. The highest BCUT2D eigenvalue weighted by Gasteiger charge is 2.19. The molecule has 1 aromatic carbocycles. The van der Waals surface area contributed by atoms with E-state index in [2.05, 4.69) is 25.1 Å². The Bertz CT molecular complexity index is 1200. The predicted molar refractivity (Wildman–Crippen MR) is 103 cm³/mol. The van der Waals surface area contributed by atoms with E-state index < -0.39 is 12.1 Å². The zero-order chi connectivity index (χ0) is 20.2. The lowest BCUT2D eigenvalue weighted by Crippen LogP contribution is -2.14. The number of para-hydroxylation sites is 1. The van der Waals surface area contributed by atoms with Crippen LogP contribution in [0.5, 0.6) is 0 Å². The first kappa shape index (κ1) is 18.5. The van der Waals surface area contributed by atoms with Gasteiger partial charge in [-0.2, -0.15) is 4.98 Å². The van der Waals surface area contributed by atoms with Crippen LogP contribution in [0.2, 0.25) is 0 Å². The zero-order valence-corrected chi connectivity index (χ0v) is 15.5. The van der Waals surface area contributed by atoms with E-state index in [1.165, 1.54) is 0 Å². The lowest BCUT2D eigenvalue weighted by molar-refractivity contribution is -0.149. The number of hydrogen-bond acceptors (Lipinski definition) is 8. The van der Waals surface area contributed by atoms with Gasteiger partial charge in [-0.05, 0) is 31.2 Å². The average molecular weight is 391 g/mol. The number of rotatable bonds is 6. The monoisotopic (exact) mass is 391 g/mol. The third-order valence-corrected chi connectivity index (χ3v) is 4.25. The van der Waals surface area contributed by atoms with Gasteiger partial charge in [-0.15, -0.1) is 0 Å². The van der Waals surface area contributed by atoms with Crippen LogP contribution in [0, 0.1) is 0 Å².